The van der Waals surface area contributed by atoms with Gasteiger partial charge in [0.2, 0.25) is 0 Å². The molecule has 0 radical (unpaired) electrons. The van der Waals surface area contributed by atoms with Crippen LogP contribution in [0.15, 0.2) is 29.3 Å². The van der Waals surface area contributed by atoms with Crippen molar-refractivity contribution in [1.82, 2.24) is 15.6 Å². The fourth-order valence-electron chi connectivity index (χ4n) is 2.47. The molecule has 5 heteroatoms. The maximum Gasteiger partial charge on any atom is 0.191 e. The van der Waals surface area contributed by atoms with Gasteiger partial charge in [-0.2, -0.15) is 0 Å². The lowest BCUT2D eigenvalue weighted by Crippen LogP contribution is -2.43. The van der Waals surface area contributed by atoms with Gasteiger partial charge in [0.15, 0.2) is 5.96 Å². The highest BCUT2D eigenvalue weighted by atomic mass is 32.1. The van der Waals surface area contributed by atoms with E-state index in [1.807, 2.05) is 6.92 Å². The molecule has 1 aromatic heterocycles. The second-order valence-electron chi connectivity index (χ2n) is 6.78. The first-order valence-corrected chi connectivity index (χ1v) is 9.08. The van der Waals surface area contributed by atoms with Crippen LogP contribution in [0.5, 0.6) is 0 Å². The molecule has 2 N–H and O–H groups in total. The Morgan fingerprint density at radius 3 is 2.54 bits per heavy atom. The van der Waals surface area contributed by atoms with E-state index in [-0.39, 0.29) is 5.41 Å². The van der Waals surface area contributed by atoms with Crippen LogP contribution in [0.4, 0.5) is 0 Å². The molecule has 0 spiro atoms. The van der Waals surface area contributed by atoms with Gasteiger partial charge in [0, 0.05) is 23.9 Å². The van der Waals surface area contributed by atoms with Gasteiger partial charge in [-0.25, -0.2) is 4.98 Å². The molecule has 130 valence electrons. The van der Waals surface area contributed by atoms with E-state index in [4.69, 9.17) is 0 Å². The third kappa shape index (κ3) is 4.81. The van der Waals surface area contributed by atoms with E-state index in [9.17, 15) is 0 Å². The minimum atomic E-state index is 0.0258. The van der Waals surface area contributed by atoms with Gasteiger partial charge in [0.25, 0.3) is 0 Å². The SMILES string of the molecule is CN=C(NCc1nc(C)c(C)s1)NCC(C)(C)c1cccc(C)c1. The number of rotatable bonds is 5. The van der Waals surface area contributed by atoms with Crippen molar-refractivity contribution < 1.29 is 0 Å². The third-order valence-electron chi connectivity index (χ3n) is 4.20. The van der Waals surface area contributed by atoms with Crippen LogP contribution in [0, 0.1) is 20.8 Å². The van der Waals surface area contributed by atoms with Crippen molar-refractivity contribution >= 4 is 17.3 Å². The van der Waals surface area contributed by atoms with Gasteiger partial charge >= 0.3 is 0 Å². The lowest BCUT2D eigenvalue weighted by molar-refractivity contribution is 0.508. The number of aromatic nitrogens is 1. The lowest BCUT2D eigenvalue weighted by atomic mass is 9.84. The van der Waals surface area contributed by atoms with Crippen LogP contribution in [-0.4, -0.2) is 24.5 Å². The zero-order valence-electron chi connectivity index (χ0n) is 15.5. The second-order valence-corrected chi connectivity index (χ2v) is 8.07. The van der Waals surface area contributed by atoms with E-state index in [0.717, 1.165) is 23.2 Å². The molecule has 0 amide bonds. The number of aliphatic imine (C=N–C) groups is 1. The first kappa shape index (κ1) is 18.5. The van der Waals surface area contributed by atoms with Crippen LogP contribution in [-0.2, 0) is 12.0 Å². The molecule has 0 unspecified atom stereocenters. The molecule has 0 saturated heterocycles. The van der Waals surface area contributed by atoms with Crippen LogP contribution in [0.1, 0.15) is 40.6 Å². The van der Waals surface area contributed by atoms with Crippen LogP contribution >= 0.6 is 11.3 Å². The maximum atomic E-state index is 4.56. The molecule has 0 aliphatic rings. The van der Waals surface area contributed by atoms with Crippen molar-refractivity contribution in [2.45, 2.75) is 46.6 Å². The fourth-order valence-corrected chi connectivity index (χ4v) is 3.34. The molecule has 0 fully saturated rings. The normalized spacial score (nSPS) is 12.3. The average molecular weight is 345 g/mol. The predicted octanol–water partition coefficient (Wildman–Crippen LogP) is 3.71. The van der Waals surface area contributed by atoms with Crippen LogP contribution in [0.2, 0.25) is 0 Å². The Hall–Kier alpha value is -1.88. The van der Waals surface area contributed by atoms with E-state index in [2.05, 4.69) is 72.6 Å². The molecular weight excluding hydrogens is 316 g/mol. The Kier molecular flexibility index (Phi) is 5.99. The van der Waals surface area contributed by atoms with Crippen LogP contribution in [0.3, 0.4) is 0 Å². The van der Waals surface area contributed by atoms with Gasteiger partial charge < -0.3 is 10.6 Å². The highest BCUT2D eigenvalue weighted by Gasteiger charge is 2.21. The molecular formula is C19H28N4S. The van der Waals surface area contributed by atoms with Crippen molar-refractivity contribution in [1.29, 1.82) is 0 Å². The second kappa shape index (κ2) is 7.79. The molecule has 0 saturated carbocycles. The van der Waals surface area contributed by atoms with E-state index in [0.29, 0.717) is 6.54 Å². The molecule has 0 aliphatic heterocycles. The summed E-state index contributed by atoms with van der Waals surface area (Å²) in [5.41, 5.74) is 3.76. The van der Waals surface area contributed by atoms with Crippen molar-refractivity contribution in [2.24, 2.45) is 4.99 Å². The Balaban J connectivity index is 1.93. The number of hydrogen-bond donors (Lipinski definition) is 2. The number of nitrogens with one attached hydrogen (secondary N) is 2. The Bertz CT molecular complexity index is 696. The van der Waals surface area contributed by atoms with Crippen molar-refractivity contribution in [3.8, 4) is 0 Å². The Morgan fingerprint density at radius 2 is 1.96 bits per heavy atom. The quantitative estimate of drug-likeness (QED) is 0.642. The number of benzene rings is 1. The molecule has 24 heavy (non-hydrogen) atoms. The third-order valence-corrected chi connectivity index (χ3v) is 5.27. The zero-order valence-corrected chi connectivity index (χ0v) is 16.3. The summed E-state index contributed by atoms with van der Waals surface area (Å²) < 4.78 is 0. The first-order valence-electron chi connectivity index (χ1n) is 8.26. The first-order chi connectivity index (χ1) is 11.3. The number of aryl methyl sites for hydroxylation is 3. The maximum absolute atomic E-state index is 4.56. The predicted molar refractivity (Wildman–Crippen MR) is 104 cm³/mol. The van der Waals surface area contributed by atoms with Crippen LogP contribution in [0.25, 0.3) is 0 Å². The molecule has 0 bridgehead atoms. The van der Waals surface area contributed by atoms with Crippen molar-refractivity contribution in [2.75, 3.05) is 13.6 Å². The summed E-state index contributed by atoms with van der Waals surface area (Å²) in [7, 11) is 1.80. The Morgan fingerprint density at radius 1 is 1.21 bits per heavy atom. The van der Waals surface area contributed by atoms with Crippen molar-refractivity contribution in [3.63, 3.8) is 0 Å². The molecule has 2 aromatic rings. The summed E-state index contributed by atoms with van der Waals surface area (Å²) in [4.78, 5) is 10.1. The molecule has 2 rings (SSSR count). The number of hydrogen-bond acceptors (Lipinski definition) is 3. The molecule has 4 nitrogen and oxygen atoms in total. The monoisotopic (exact) mass is 344 g/mol. The smallest absolute Gasteiger partial charge is 0.191 e. The van der Waals surface area contributed by atoms with Gasteiger partial charge in [-0.05, 0) is 26.3 Å². The van der Waals surface area contributed by atoms with E-state index in [1.165, 1.54) is 16.0 Å². The van der Waals surface area contributed by atoms with E-state index < -0.39 is 0 Å². The minimum absolute atomic E-state index is 0.0258. The summed E-state index contributed by atoms with van der Waals surface area (Å²) in [5.74, 6) is 0.807. The van der Waals surface area contributed by atoms with Gasteiger partial charge in [-0.15, -0.1) is 11.3 Å². The van der Waals surface area contributed by atoms with Crippen LogP contribution < -0.4 is 10.6 Å². The number of thiazole rings is 1. The summed E-state index contributed by atoms with van der Waals surface area (Å²) in [5, 5.41) is 7.87. The summed E-state index contributed by atoms with van der Waals surface area (Å²) in [6, 6.07) is 8.68. The molecule has 0 aliphatic carbocycles. The molecule has 0 atom stereocenters. The molecule has 1 heterocycles. The standard InChI is InChI=1S/C19H28N4S/c1-13-8-7-9-16(10-13)19(4,5)12-22-18(20-6)21-11-17-23-14(2)15(3)24-17/h7-10H,11-12H2,1-6H3,(H2,20,21,22). The van der Waals surface area contributed by atoms with E-state index in [1.54, 1.807) is 18.4 Å². The zero-order chi connectivity index (χ0) is 17.7. The summed E-state index contributed by atoms with van der Waals surface area (Å²) >= 11 is 1.73. The lowest BCUT2D eigenvalue weighted by Gasteiger charge is -2.27. The number of nitrogens with zero attached hydrogens (tertiary/aromatic N) is 2. The van der Waals surface area contributed by atoms with Crippen molar-refractivity contribution in [3.05, 3.63) is 51.0 Å². The van der Waals surface area contributed by atoms with E-state index >= 15 is 0 Å². The number of guanidine groups is 1. The highest BCUT2D eigenvalue weighted by Crippen LogP contribution is 2.23. The fraction of sp³-hybridized carbons (Fsp3) is 0.474. The topological polar surface area (TPSA) is 49.3 Å². The minimum Gasteiger partial charge on any atom is -0.356 e. The average Bonchev–Trinajstić information content (AvgIpc) is 2.86. The largest absolute Gasteiger partial charge is 0.356 e. The van der Waals surface area contributed by atoms with Gasteiger partial charge in [0.1, 0.15) is 5.01 Å². The van der Waals surface area contributed by atoms with Gasteiger partial charge in [-0.3, -0.25) is 4.99 Å². The summed E-state index contributed by atoms with van der Waals surface area (Å²) in [6.07, 6.45) is 0. The summed E-state index contributed by atoms with van der Waals surface area (Å²) in [6.45, 7) is 12.3. The van der Waals surface area contributed by atoms with Gasteiger partial charge in [-0.1, -0.05) is 43.7 Å². The highest BCUT2D eigenvalue weighted by molar-refractivity contribution is 7.11. The van der Waals surface area contributed by atoms with Gasteiger partial charge in [0.05, 0.1) is 12.2 Å². The molecule has 1 aromatic carbocycles. The Labute approximate surface area is 149 Å².